The Bertz CT molecular complexity index is 966. The lowest BCUT2D eigenvalue weighted by Gasteiger charge is -2.52. The van der Waals surface area contributed by atoms with Crippen LogP contribution in [0.1, 0.15) is 29.5 Å². The Hall–Kier alpha value is -2.65. The van der Waals surface area contributed by atoms with E-state index in [0.29, 0.717) is 24.3 Å². The van der Waals surface area contributed by atoms with Gasteiger partial charge >= 0.3 is 0 Å². The van der Waals surface area contributed by atoms with Gasteiger partial charge in [-0.15, -0.1) is 0 Å². The Labute approximate surface area is 178 Å². The molecule has 3 unspecified atom stereocenters. The Morgan fingerprint density at radius 2 is 1.33 bits per heavy atom. The van der Waals surface area contributed by atoms with Gasteiger partial charge < -0.3 is 10.1 Å². The summed E-state index contributed by atoms with van der Waals surface area (Å²) in [4.78, 5) is 0. The van der Waals surface area contributed by atoms with E-state index in [0.717, 1.165) is 13.0 Å². The summed E-state index contributed by atoms with van der Waals surface area (Å²) in [6.45, 7) is 1.50. The van der Waals surface area contributed by atoms with Crippen molar-refractivity contribution in [1.82, 2.24) is 5.32 Å². The third-order valence-electron chi connectivity index (χ3n) is 7.45. The highest BCUT2D eigenvalue weighted by atomic mass is 19.1. The summed E-state index contributed by atoms with van der Waals surface area (Å²) in [5.74, 6) is 0.687. The number of nitrogens with one attached hydrogen (secondary N) is 1. The fourth-order valence-corrected chi connectivity index (χ4v) is 6.10. The van der Waals surface area contributed by atoms with Crippen molar-refractivity contribution in [3.05, 3.63) is 102 Å². The van der Waals surface area contributed by atoms with Gasteiger partial charge in [-0.05, 0) is 42.5 Å². The Kier molecular flexibility index (Phi) is 4.86. The summed E-state index contributed by atoms with van der Waals surface area (Å²) in [5, 5.41) is 3.54. The molecule has 154 valence electrons. The minimum atomic E-state index is -1.41. The molecule has 2 nitrogen and oxygen atoms in total. The number of methoxy groups -OCH3 is 1. The highest BCUT2D eigenvalue weighted by Crippen LogP contribution is 2.60. The third kappa shape index (κ3) is 2.79. The molecule has 0 radical (unpaired) electrons. The topological polar surface area (TPSA) is 21.3 Å². The molecule has 0 amide bonds. The van der Waals surface area contributed by atoms with Crippen molar-refractivity contribution in [2.24, 2.45) is 11.8 Å². The highest BCUT2D eigenvalue weighted by molar-refractivity contribution is 5.46. The Morgan fingerprint density at radius 3 is 1.97 bits per heavy atom. The molecule has 3 atom stereocenters. The fraction of sp³-hybridized carbons (Fsp3) is 0.333. The van der Waals surface area contributed by atoms with Crippen LogP contribution in [0.4, 0.5) is 4.39 Å². The molecule has 2 aliphatic rings. The second-order valence-corrected chi connectivity index (χ2v) is 8.64. The summed E-state index contributed by atoms with van der Waals surface area (Å²) in [6.07, 6.45) is 1.23. The third-order valence-corrected chi connectivity index (χ3v) is 7.45. The van der Waals surface area contributed by atoms with Gasteiger partial charge in [-0.3, -0.25) is 0 Å². The van der Waals surface area contributed by atoms with Crippen LogP contribution < -0.4 is 10.1 Å². The zero-order chi connectivity index (χ0) is 20.6. The zero-order valence-electron chi connectivity index (χ0n) is 17.4. The van der Waals surface area contributed by atoms with Crippen LogP contribution in [0.5, 0.6) is 5.75 Å². The minimum Gasteiger partial charge on any atom is -0.496 e. The molecular weight excluding hydrogens is 373 g/mol. The first kappa shape index (κ1) is 19.3. The van der Waals surface area contributed by atoms with E-state index >= 15 is 4.39 Å². The SMILES string of the molecule is COc1ccccc1C1(F)CCC(c2ccccc2)(c2ccccc2)C2CNCC21. The lowest BCUT2D eigenvalue weighted by molar-refractivity contribution is -0.0137. The van der Waals surface area contributed by atoms with Crippen molar-refractivity contribution in [3.8, 4) is 5.75 Å². The molecule has 2 fully saturated rings. The Morgan fingerprint density at radius 1 is 0.767 bits per heavy atom. The molecule has 0 aromatic heterocycles. The molecule has 1 aliphatic heterocycles. The summed E-state index contributed by atoms with van der Waals surface area (Å²) in [6, 6.07) is 29.0. The van der Waals surface area contributed by atoms with Gasteiger partial charge in [-0.1, -0.05) is 78.9 Å². The van der Waals surface area contributed by atoms with Gasteiger partial charge in [0, 0.05) is 23.4 Å². The van der Waals surface area contributed by atoms with Crippen molar-refractivity contribution in [2.75, 3.05) is 20.2 Å². The number of para-hydroxylation sites is 1. The van der Waals surface area contributed by atoms with E-state index in [9.17, 15) is 0 Å². The van der Waals surface area contributed by atoms with Gasteiger partial charge in [-0.25, -0.2) is 4.39 Å². The van der Waals surface area contributed by atoms with E-state index in [1.54, 1.807) is 7.11 Å². The van der Waals surface area contributed by atoms with Gasteiger partial charge in [0.1, 0.15) is 11.4 Å². The summed E-state index contributed by atoms with van der Waals surface area (Å²) in [5.41, 5.74) is 1.66. The zero-order valence-corrected chi connectivity index (χ0v) is 17.4. The number of hydrogen-bond acceptors (Lipinski definition) is 2. The first-order valence-electron chi connectivity index (χ1n) is 10.8. The van der Waals surface area contributed by atoms with Crippen LogP contribution >= 0.6 is 0 Å². The number of rotatable bonds is 4. The molecule has 1 heterocycles. The van der Waals surface area contributed by atoms with Crippen LogP contribution in [0.2, 0.25) is 0 Å². The second kappa shape index (κ2) is 7.55. The quantitative estimate of drug-likeness (QED) is 0.625. The standard InChI is InChI=1S/C27H28FNO/c1-30-25-15-9-8-14-22(25)27(28)17-16-26(20-10-4-2-5-11-20,21-12-6-3-7-13-21)23-18-29-19-24(23)27/h2-15,23-24,29H,16-19H2,1H3. The van der Waals surface area contributed by atoms with Crippen LogP contribution in [0.3, 0.4) is 0 Å². The number of fused-ring (bicyclic) bond motifs is 1. The van der Waals surface area contributed by atoms with Gasteiger partial charge in [0.15, 0.2) is 0 Å². The number of ether oxygens (including phenoxy) is 1. The predicted molar refractivity (Wildman–Crippen MR) is 119 cm³/mol. The van der Waals surface area contributed by atoms with E-state index < -0.39 is 5.67 Å². The van der Waals surface area contributed by atoms with Crippen molar-refractivity contribution in [2.45, 2.75) is 23.9 Å². The number of halogens is 1. The molecule has 30 heavy (non-hydrogen) atoms. The molecule has 1 saturated heterocycles. The van der Waals surface area contributed by atoms with Crippen LogP contribution in [0.25, 0.3) is 0 Å². The lowest BCUT2D eigenvalue weighted by atomic mass is 9.52. The second-order valence-electron chi connectivity index (χ2n) is 8.64. The van der Waals surface area contributed by atoms with Gasteiger partial charge in [-0.2, -0.15) is 0 Å². The predicted octanol–water partition coefficient (Wildman–Crippen LogP) is 5.48. The smallest absolute Gasteiger partial charge is 0.144 e. The molecule has 1 N–H and O–H groups in total. The minimum absolute atomic E-state index is 0.122. The van der Waals surface area contributed by atoms with Crippen LogP contribution in [0.15, 0.2) is 84.9 Å². The molecule has 1 aliphatic carbocycles. The van der Waals surface area contributed by atoms with E-state index in [2.05, 4.69) is 66.0 Å². The van der Waals surface area contributed by atoms with Gasteiger partial charge in [0.25, 0.3) is 0 Å². The summed E-state index contributed by atoms with van der Waals surface area (Å²) in [7, 11) is 1.63. The lowest BCUT2D eigenvalue weighted by Crippen LogP contribution is -2.52. The molecule has 0 bridgehead atoms. The molecule has 3 aromatic rings. The number of hydrogen-bond donors (Lipinski definition) is 1. The molecule has 3 aromatic carbocycles. The van der Waals surface area contributed by atoms with Gasteiger partial charge in [0.05, 0.1) is 7.11 Å². The maximum absolute atomic E-state index is 17.0. The monoisotopic (exact) mass is 401 g/mol. The molecule has 3 heteroatoms. The van der Waals surface area contributed by atoms with Crippen molar-refractivity contribution < 1.29 is 9.13 Å². The van der Waals surface area contributed by atoms with Crippen LogP contribution in [-0.2, 0) is 11.1 Å². The van der Waals surface area contributed by atoms with Gasteiger partial charge in [0.2, 0.25) is 0 Å². The van der Waals surface area contributed by atoms with Crippen LogP contribution in [-0.4, -0.2) is 20.2 Å². The van der Waals surface area contributed by atoms with Crippen molar-refractivity contribution in [3.63, 3.8) is 0 Å². The largest absolute Gasteiger partial charge is 0.496 e. The average Bonchev–Trinajstić information content (AvgIpc) is 3.33. The first-order valence-corrected chi connectivity index (χ1v) is 10.8. The van der Waals surface area contributed by atoms with Crippen molar-refractivity contribution in [1.29, 1.82) is 0 Å². The number of alkyl halides is 1. The average molecular weight is 402 g/mol. The van der Waals surface area contributed by atoms with Crippen LogP contribution in [0, 0.1) is 11.8 Å². The summed E-state index contributed by atoms with van der Waals surface area (Å²) >= 11 is 0. The van der Waals surface area contributed by atoms with E-state index in [1.165, 1.54) is 11.1 Å². The van der Waals surface area contributed by atoms with E-state index in [-0.39, 0.29) is 17.3 Å². The maximum Gasteiger partial charge on any atom is 0.144 e. The molecular formula is C27H28FNO. The molecule has 0 spiro atoms. The molecule has 1 saturated carbocycles. The number of benzene rings is 3. The molecule has 5 rings (SSSR count). The first-order chi connectivity index (χ1) is 14.7. The van der Waals surface area contributed by atoms with Crippen molar-refractivity contribution >= 4 is 0 Å². The van der Waals surface area contributed by atoms with E-state index in [1.807, 2.05) is 24.3 Å². The normalized spacial score (nSPS) is 27.4. The summed E-state index contributed by atoms with van der Waals surface area (Å²) < 4.78 is 22.5. The Balaban J connectivity index is 1.67. The highest BCUT2D eigenvalue weighted by Gasteiger charge is 2.60. The fourth-order valence-electron chi connectivity index (χ4n) is 6.10. The maximum atomic E-state index is 17.0. The van der Waals surface area contributed by atoms with E-state index in [4.69, 9.17) is 4.74 Å².